The van der Waals surface area contributed by atoms with Crippen molar-refractivity contribution in [1.82, 2.24) is 5.43 Å². The van der Waals surface area contributed by atoms with Gasteiger partial charge in [-0.3, -0.25) is 11.3 Å². The average molecular weight is 273 g/mol. The van der Waals surface area contributed by atoms with Gasteiger partial charge in [-0.25, -0.2) is 0 Å². The Morgan fingerprint density at radius 2 is 2.11 bits per heavy atom. The zero-order valence-electron chi connectivity index (χ0n) is 11.3. The van der Waals surface area contributed by atoms with Crippen LogP contribution in [0, 0.1) is 0 Å². The molecule has 1 unspecified atom stereocenters. The molecule has 0 aliphatic carbocycles. The summed E-state index contributed by atoms with van der Waals surface area (Å²) in [5.41, 5.74) is 3.33. The minimum atomic E-state index is -0.428. The fraction of sp³-hybridized carbons (Fsp3) is 0.538. The van der Waals surface area contributed by atoms with Crippen molar-refractivity contribution in [3.05, 3.63) is 28.8 Å². The topological polar surface area (TPSA) is 56.5 Å². The molecule has 0 bridgehead atoms. The van der Waals surface area contributed by atoms with Crippen molar-refractivity contribution in [2.45, 2.75) is 32.4 Å². The monoisotopic (exact) mass is 272 g/mol. The van der Waals surface area contributed by atoms with E-state index in [1.165, 1.54) is 0 Å². The molecule has 0 aliphatic heterocycles. The zero-order chi connectivity index (χ0) is 13.8. The number of rotatable bonds is 6. The summed E-state index contributed by atoms with van der Waals surface area (Å²) in [5.74, 6) is 6.27. The summed E-state index contributed by atoms with van der Waals surface area (Å²) < 4.78 is 10.9. The first-order chi connectivity index (χ1) is 8.46. The number of halogens is 1. The first kappa shape index (κ1) is 15.2. The largest absolute Gasteiger partial charge is 0.495 e. The van der Waals surface area contributed by atoms with Gasteiger partial charge in [0.15, 0.2) is 0 Å². The quantitative estimate of drug-likeness (QED) is 0.617. The lowest BCUT2D eigenvalue weighted by atomic mass is 9.92. The van der Waals surface area contributed by atoms with Crippen LogP contribution in [0.25, 0.3) is 0 Å². The minimum Gasteiger partial charge on any atom is -0.495 e. The Bertz CT molecular complexity index is 397. The van der Waals surface area contributed by atoms with Crippen LogP contribution in [0.3, 0.4) is 0 Å². The average Bonchev–Trinajstić information content (AvgIpc) is 2.31. The molecule has 0 saturated carbocycles. The van der Waals surface area contributed by atoms with Gasteiger partial charge in [-0.05, 0) is 38.5 Å². The smallest absolute Gasteiger partial charge is 0.137 e. The van der Waals surface area contributed by atoms with Crippen molar-refractivity contribution in [1.29, 1.82) is 0 Å². The molecule has 3 N–H and O–H groups in total. The van der Waals surface area contributed by atoms with Crippen LogP contribution in [-0.2, 0) is 4.74 Å². The fourth-order valence-electron chi connectivity index (χ4n) is 2.01. The van der Waals surface area contributed by atoms with Crippen molar-refractivity contribution in [2.24, 2.45) is 5.84 Å². The standard InChI is InChI=1S/C13H21ClN2O2/c1-5-18-13(2,3)12(16-15)9-6-7-10(14)11(8-9)17-4/h6-8,12,16H,5,15H2,1-4H3. The predicted molar refractivity (Wildman–Crippen MR) is 73.8 cm³/mol. The molecule has 5 heteroatoms. The number of hydrogen-bond donors (Lipinski definition) is 2. The van der Waals surface area contributed by atoms with E-state index in [2.05, 4.69) is 5.43 Å². The summed E-state index contributed by atoms with van der Waals surface area (Å²) in [6.07, 6.45) is 0. The van der Waals surface area contributed by atoms with E-state index in [-0.39, 0.29) is 6.04 Å². The Kier molecular flexibility index (Phi) is 5.41. The van der Waals surface area contributed by atoms with E-state index in [1.807, 2.05) is 32.9 Å². The van der Waals surface area contributed by atoms with Crippen molar-refractivity contribution in [3.63, 3.8) is 0 Å². The van der Waals surface area contributed by atoms with Crippen LogP contribution in [0.5, 0.6) is 5.75 Å². The maximum absolute atomic E-state index is 6.01. The minimum absolute atomic E-state index is 0.149. The third-order valence-corrected chi connectivity index (χ3v) is 3.20. The molecule has 0 amide bonds. The predicted octanol–water partition coefficient (Wildman–Crippen LogP) is 2.67. The van der Waals surface area contributed by atoms with Crippen LogP contribution >= 0.6 is 11.6 Å². The second-order valence-corrected chi connectivity index (χ2v) is 4.94. The van der Waals surface area contributed by atoms with Gasteiger partial charge in [-0.15, -0.1) is 0 Å². The third-order valence-electron chi connectivity index (χ3n) is 2.89. The van der Waals surface area contributed by atoms with E-state index in [0.29, 0.717) is 17.4 Å². The fourth-order valence-corrected chi connectivity index (χ4v) is 2.20. The van der Waals surface area contributed by atoms with Gasteiger partial charge in [0.2, 0.25) is 0 Å². The van der Waals surface area contributed by atoms with Gasteiger partial charge >= 0.3 is 0 Å². The van der Waals surface area contributed by atoms with Crippen molar-refractivity contribution in [2.75, 3.05) is 13.7 Å². The highest BCUT2D eigenvalue weighted by Gasteiger charge is 2.31. The van der Waals surface area contributed by atoms with Gasteiger partial charge in [0.05, 0.1) is 23.8 Å². The van der Waals surface area contributed by atoms with Crippen LogP contribution in [0.1, 0.15) is 32.4 Å². The summed E-state index contributed by atoms with van der Waals surface area (Å²) in [6, 6.07) is 5.43. The van der Waals surface area contributed by atoms with Crippen LogP contribution in [0.15, 0.2) is 18.2 Å². The van der Waals surface area contributed by atoms with Crippen molar-refractivity contribution in [3.8, 4) is 5.75 Å². The number of benzene rings is 1. The molecule has 0 fully saturated rings. The summed E-state index contributed by atoms with van der Waals surface area (Å²) in [5, 5.41) is 0.575. The maximum Gasteiger partial charge on any atom is 0.137 e. The van der Waals surface area contributed by atoms with E-state index < -0.39 is 5.60 Å². The summed E-state index contributed by atoms with van der Waals surface area (Å²) in [6.45, 7) is 6.55. The molecule has 1 atom stereocenters. The number of nitrogens with one attached hydrogen (secondary N) is 1. The molecule has 1 rings (SSSR count). The highest BCUT2D eigenvalue weighted by Crippen LogP contribution is 2.33. The van der Waals surface area contributed by atoms with Crippen molar-refractivity contribution >= 4 is 11.6 Å². The van der Waals surface area contributed by atoms with Gasteiger partial charge in [0, 0.05) is 6.61 Å². The van der Waals surface area contributed by atoms with E-state index in [1.54, 1.807) is 13.2 Å². The SMILES string of the molecule is CCOC(C)(C)C(NN)c1ccc(Cl)c(OC)c1. The molecule has 0 aromatic heterocycles. The van der Waals surface area contributed by atoms with Gasteiger partial charge in [-0.2, -0.15) is 0 Å². The normalized spacial score (nSPS) is 13.4. The summed E-state index contributed by atoms with van der Waals surface area (Å²) >= 11 is 6.01. The third kappa shape index (κ3) is 3.36. The van der Waals surface area contributed by atoms with Gasteiger partial charge in [0.1, 0.15) is 5.75 Å². The summed E-state index contributed by atoms with van der Waals surface area (Å²) in [7, 11) is 1.59. The Balaban J connectivity index is 3.09. The number of nitrogens with two attached hydrogens (primary N) is 1. The highest BCUT2D eigenvalue weighted by atomic mass is 35.5. The molecule has 1 aromatic rings. The molecule has 0 radical (unpaired) electrons. The number of hydrazine groups is 1. The van der Waals surface area contributed by atoms with Crippen LogP contribution < -0.4 is 16.0 Å². The highest BCUT2D eigenvalue weighted by molar-refractivity contribution is 6.32. The molecule has 1 aromatic carbocycles. The molecular formula is C13H21ClN2O2. The molecule has 4 nitrogen and oxygen atoms in total. The lowest BCUT2D eigenvalue weighted by Crippen LogP contribution is -2.44. The number of methoxy groups -OCH3 is 1. The van der Waals surface area contributed by atoms with Crippen LogP contribution in [0.2, 0.25) is 5.02 Å². The van der Waals surface area contributed by atoms with Gasteiger partial charge in [0.25, 0.3) is 0 Å². The zero-order valence-corrected chi connectivity index (χ0v) is 12.0. The van der Waals surface area contributed by atoms with E-state index in [9.17, 15) is 0 Å². The first-order valence-corrected chi connectivity index (χ1v) is 6.27. The number of ether oxygens (including phenoxy) is 2. The lowest BCUT2D eigenvalue weighted by Gasteiger charge is -2.34. The molecule has 0 aliphatic rings. The van der Waals surface area contributed by atoms with Gasteiger partial charge in [-0.1, -0.05) is 17.7 Å². The van der Waals surface area contributed by atoms with Crippen LogP contribution in [0.4, 0.5) is 0 Å². The lowest BCUT2D eigenvalue weighted by molar-refractivity contribution is -0.0393. The first-order valence-electron chi connectivity index (χ1n) is 5.89. The number of hydrogen-bond acceptors (Lipinski definition) is 4. The molecular weight excluding hydrogens is 252 g/mol. The van der Waals surface area contributed by atoms with E-state index >= 15 is 0 Å². The van der Waals surface area contributed by atoms with E-state index in [4.69, 9.17) is 26.9 Å². The molecule has 18 heavy (non-hydrogen) atoms. The molecule has 0 spiro atoms. The Hall–Kier alpha value is -0.810. The maximum atomic E-state index is 6.01. The van der Waals surface area contributed by atoms with Crippen LogP contribution in [-0.4, -0.2) is 19.3 Å². The Morgan fingerprint density at radius 3 is 2.61 bits per heavy atom. The Morgan fingerprint density at radius 1 is 1.44 bits per heavy atom. The second kappa shape index (κ2) is 6.38. The summed E-state index contributed by atoms with van der Waals surface area (Å²) in [4.78, 5) is 0. The van der Waals surface area contributed by atoms with E-state index in [0.717, 1.165) is 5.56 Å². The van der Waals surface area contributed by atoms with Gasteiger partial charge < -0.3 is 9.47 Å². The molecule has 102 valence electrons. The molecule has 0 saturated heterocycles. The Labute approximate surface area is 113 Å². The molecule has 0 heterocycles. The van der Waals surface area contributed by atoms with Crippen molar-refractivity contribution < 1.29 is 9.47 Å². The second-order valence-electron chi connectivity index (χ2n) is 4.53.